The first-order valence-electron chi connectivity index (χ1n) is 8.59. The summed E-state index contributed by atoms with van der Waals surface area (Å²) in [4.78, 5) is 16.5. The van der Waals surface area contributed by atoms with Crippen LogP contribution >= 0.6 is 0 Å². The first-order valence-corrected chi connectivity index (χ1v) is 12.3. The van der Waals surface area contributed by atoms with E-state index in [1.165, 1.54) is 6.42 Å². The zero-order valence-corrected chi connectivity index (χ0v) is 15.4. The molecule has 1 atom stereocenters. The Morgan fingerprint density at radius 2 is 2.00 bits per heavy atom. The Bertz CT molecular complexity index is 386. The number of amides is 1. The van der Waals surface area contributed by atoms with Gasteiger partial charge in [-0.3, -0.25) is 0 Å². The van der Waals surface area contributed by atoms with Crippen LogP contribution in [-0.2, 0) is 4.74 Å². The van der Waals surface area contributed by atoms with Crippen molar-refractivity contribution in [1.29, 1.82) is 0 Å². The summed E-state index contributed by atoms with van der Waals surface area (Å²) in [5.41, 5.74) is 0.227. The Balaban J connectivity index is 1.81. The van der Waals surface area contributed by atoms with Crippen LogP contribution in [0.15, 0.2) is 0 Å². The van der Waals surface area contributed by atoms with Gasteiger partial charge in [-0.15, -0.1) is 0 Å². The fourth-order valence-electron chi connectivity index (χ4n) is 3.59. The number of hydrogen-bond donors (Lipinski definition) is 1. The van der Waals surface area contributed by atoms with E-state index in [4.69, 9.17) is 9.84 Å². The van der Waals surface area contributed by atoms with Crippen LogP contribution in [0, 0.1) is 5.41 Å². The molecule has 2 saturated heterocycles. The third-order valence-corrected chi connectivity index (χ3v) is 6.63. The van der Waals surface area contributed by atoms with Crippen LogP contribution in [0.3, 0.4) is 0 Å². The predicted molar refractivity (Wildman–Crippen MR) is 90.9 cm³/mol. The lowest BCUT2D eigenvalue weighted by molar-refractivity contribution is 0.0593. The van der Waals surface area contributed by atoms with E-state index in [0.29, 0.717) is 6.61 Å². The van der Waals surface area contributed by atoms with E-state index in [2.05, 4.69) is 24.5 Å². The lowest BCUT2D eigenvalue weighted by Gasteiger charge is -2.40. The monoisotopic (exact) mass is 328 g/mol. The zero-order valence-electron chi connectivity index (χ0n) is 14.4. The molecule has 1 N–H and O–H groups in total. The van der Waals surface area contributed by atoms with Gasteiger partial charge in [-0.25, -0.2) is 4.79 Å². The van der Waals surface area contributed by atoms with E-state index in [9.17, 15) is 4.79 Å². The largest absolute Gasteiger partial charge is 0.450 e. The van der Waals surface area contributed by atoms with Gasteiger partial charge in [0.1, 0.15) is 0 Å². The van der Waals surface area contributed by atoms with Crippen LogP contribution in [0.1, 0.15) is 19.3 Å². The minimum absolute atomic E-state index is 0.127. The topological polar surface area (TPSA) is 53.0 Å². The van der Waals surface area contributed by atoms with Crippen LogP contribution in [0.5, 0.6) is 0 Å². The maximum Gasteiger partial charge on any atom is 0.409 e. The molecule has 0 unspecified atom stereocenters. The van der Waals surface area contributed by atoms with Crippen molar-refractivity contribution in [3.63, 3.8) is 0 Å². The molecule has 5 nitrogen and oxygen atoms in total. The summed E-state index contributed by atoms with van der Waals surface area (Å²) in [5, 5.41) is 9.09. The van der Waals surface area contributed by atoms with Gasteiger partial charge in [-0.05, 0) is 31.9 Å². The number of carbonyl (C=O) groups excluding carboxylic acids is 1. The SMILES string of the molecule is C[Si](C)(C)CCOC(=O)N1CCC[C@@]2(CCN(CCO)C2)C1. The molecule has 22 heavy (non-hydrogen) atoms. The molecule has 2 aliphatic heterocycles. The van der Waals surface area contributed by atoms with E-state index in [1.807, 2.05) is 4.90 Å². The van der Waals surface area contributed by atoms with E-state index >= 15 is 0 Å². The fraction of sp³-hybridized carbons (Fsp3) is 0.938. The van der Waals surface area contributed by atoms with Crippen LogP contribution in [0.4, 0.5) is 4.79 Å². The highest BCUT2D eigenvalue weighted by Gasteiger charge is 2.42. The third-order valence-electron chi connectivity index (χ3n) is 4.93. The standard InChI is InChI=1S/C16H32N2O3Si/c1-22(2,3)12-11-21-15(20)18-7-4-5-16(14-18)6-8-17(13-16)9-10-19/h19H,4-14H2,1-3H3/t16-/m0/s1. The molecule has 0 aliphatic carbocycles. The number of β-amino-alcohol motifs (C(OH)–C–C–N with tert-alkyl or cyclic N) is 1. The number of ether oxygens (including phenoxy) is 1. The van der Waals surface area contributed by atoms with Crippen molar-refractivity contribution < 1.29 is 14.6 Å². The van der Waals surface area contributed by atoms with Gasteiger partial charge >= 0.3 is 6.09 Å². The average Bonchev–Trinajstić information content (AvgIpc) is 2.80. The number of rotatable bonds is 5. The van der Waals surface area contributed by atoms with Crippen molar-refractivity contribution in [1.82, 2.24) is 9.80 Å². The number of nitrogens with zero attached hydrogens (tertiary/aromatic N) is 2. The van der Waals surface area contributed by atoms with Crippen molar-refractivity contribution in [2.45, 2.75) is 44.9 Å². The maximum atomic E-state index is 12.3. The Hall–Kier alpha value is -0.593. The van der Waals surface area contributed by atoms with Gasteiger partial charge in [0.25, 0.3) is 0 Å². The van der Waals surface area contributed by atoms with E-state index in [-0.39, 0.29) is 18.1 Å². The van der Waals surface area contributed by atoms with Crippen molar-refractivity contribution in [3.05, 3.63) is 0 Å². The lowest BCUT2D eigenvalue weighted by atomic mass is 9.79. The second kappa shape index (κ2) is 7.32. The molecule has 0 radical (unpaired) electrons. The molecule has 0 aromatic heterocycles. The molecule has 0 aromatic carbocycles. The predicted octanol–water partition coefficient (Wildman–Crippen LogP) is 2.24. The highest BCUT2D eigenvalue weighted by atomic mass is 28.3. The van der Waals surface area contributed by atoms with Gasteiger partial charge in [0.2, 0.25) is 0 Å². The van der Waals surface area contributed by atoms with Crippen molar-refractivity contribution >= 4 is 14.2 Å². The molecule has 6 heteroatoms. The first kappa shape index (κ1) is 17.8. The zero-order chi connectivity index (χ0) is 16.2. The van der Waals surface area contributed by atoms with Crippen LogP contribution < -0.4 is 0 Å². The summed E-state index contributed by atoms with van der Waals surface area (Å²) in [5.74, 6) is 0. The summed E-state index contributed by atoms with van der Waals surface area (Å²) in [6.07, 6.45) is 3.26. The van der Waals surface area contributed by atoms with Crippen LogP contribution in [-0.4, -0.2) is 75.0 Å². The quantitative estimate of drug-likeness (QED) is 0.787. The van der Waals surface area contributed by atoms with Crippen LogP contribution in [0.2, 0.25) is 25.7 Å². The highest BCUT2D eigenvalue weighted by Crippen LogP contribution is 2.38. The van der Waals surface area contributed by atoms with Gasteiger partial charge in [0, 0.05) is 39.7 Å². The molecule has 2 fully saturated rings. The minimum Gasteiger partial charge on any atom is -0.450 e. The van der Waals surface area contributed by atoms with E-state index in [0.717, 1.165) is 51.6 Å². The Labute approximate surface area is 135 Å². The summed E-state index contributed by atoms with van der Waals surface area (Å²) < 4.78 is 5.50. The van der Waals surface area contributed by atoms with Gasteiger partial charge in [0.15, 0.2) is 0 Å². The van der Waals surface area contributed by atoms with Gasteiger partial charge in [-0.2, -0.15) is 0 Å². The van der Waals surface area contributed by atoms with Gasteiger partial charge < -0.3 is 19.6 Å². The Morgan fingerprint density at radius 1 is 1.23 bits per heavy atom. The lowest BCUT2D eigenvalue weighted by Crippen LogP contribution is -2.47. The summed E-state index contributed by atoms with van der Waals surface area (Å²) in [6.45, 7) is 12.1. The normalized spacial score (nSPS) is 26.6. The average molecular weight is 329 g/mol. The second-order valence-electron chi connectivity index (χ2n) is 8.20. The molecule has 2 aliphatic rings. The van der Waals surface area contributed by atoms with Gasteiger partial charge in [-0.1, -0.05) is 19.6 Å². The molecule has 2 rings (SSSR count). The molecule has 2 heterocycles. The molecule has 0 bridgehead atoms. The molecule has 1 amide bonds. The summed E-state index contributed by atoms with van der Waals surface area (Å²) in [7, 11) is -1.15. The smallest absolute Gasteiger partial charge is 0.409 e. The minimum atomic E-state index is -1.15. The van der Waals surface area contributed by atoms with E-state index in [1.54, 1.807) is 0 Å². The van der Waals surface area contributed by atoms with Crippen molar-refractivity contribution in [3.8, 4) is 0 Å². The molecular weight excluding hydrogens is 296 g/mol. The third kappa shape index (κ3) is 4.96. The number of aliphatic hydroxyl groups excluding tert-OH is 1. The highest BCUT2D eigenvalue weighted by molar-refractivity contribution is 6.76. The number of likely N-dealkylation sites (tertiary alicyclic amines) is 2. The maximum absolute atomic E-state index is 12.3. The van der Waals surface area contributed by atoms with Crippen LogP contribution in [0.25, 0.3) is 0 Å². The van der Waals surface area contributed by atoms with E-state index < -0.39 is 8.07 Å². The van der Waals surface area contributed by atoms with Gasteiger partial charge in [0.05, 0.1) is 13.2 Å². The molecule has 128 valence electrons. The Kier molecular flexibility index (Phi) is 5.91. The molecule has 1 spiro atoms. The Morgan fingerprint density at radius 3 is 2.68 bits per heavy atom. The number of hydrogen-bond acceptors (Lipinski definition) is 4. The number of aliphatic hydroxyl groups is 1. The summed E-state index contributed by atoms with van der Waals surface area (Å²) >= 11 is 0. The summed E-state index contributed by atoms with van der Waals surface area (Å²) in [6, 6.07) is 1.03. The molecular formula is C16H32N2O3Si. The fourth-order valence-corrected chi connectivity index (χ4v) is 4.31. The number of carbonyl (C=O) groups is 1. The number of piperidine rings is 1. The molecule has 0 aromatic rings. The first-order chi connectivity index (χ1) is 10.3. The molecule has 0 saturated carbocycles. The van der Waals surface area contributed by atoms with Crippen molar-refractivity contribution in [2.24, 2.45) is 5.41 Å². The van der Waals surface area contributed by atoms with Crippen molar-refractivity contribution in [2.75, 3.05) is 45.9 Å². The second-order valence-corrected chi connectivity index (χ2v) is 13.8.